The summed E-state index contributed by atoms with van der Waals surface area (Å²) in [6.07, 6.45) is 0.0763. The average Bonchev–Trinajstić information content (AvgIpc) is 2.04. The Morgan fingerprint density at radius 2 is 1.81 bits per heavy atom. The zero-order valence-corrected chi connectivity index (χ0v) is 10.1. The fourth-order valence-corrected chi connectivity index (χ4v) is 1.84. The first-order valence-electron chi connectivity index (χ1n) is 6.19. The smallest absolute Gasteiger partial charge is 0.313 e. The van der Waals surface area contributed by atoms with Crippen molar-refractivity contribution in [2.45, 2.75) is 58.2 Å². The van der Waals surface area contributed by atoms with Gasteiger partial charge >= 0.3 is 6.18 Å². The number of alkyl halides is 3. The Morgan fingerprint density at radius 1 is 1.19 bits per heavy atom. The summed E-state index contributed by atoms with van der Waals surface area (Å²) in [6, 6.07) is 0.337. The first-order valence-corrected chi connectivity index (χ1v) is 6.19. The molecule has 1 atom stereocenters. The van der Waals surface area contributed by atoms with Gasteiger partial charge in [-0.1, -0.05) is 26.7 Å². The van der Waals surface area contributed by atoms with Crippen LogP contribution in [0.1, 0.15) is 46.0 Å². The number of halogens is 3. The van der Waals surface area contributed by atoms with Crippen LogP contribution in [-0.2, 0) is 0 Å². The van der Waals surface area contributed by atoms with E-state index in [0.29, 0.717) is 18.4 Å². The number of hydrogen-bond donors (Lipinski definition) is 1. The maximum Gasteiger partial charge on any atom is 0.393 e. The normalized spacial score (nSPS) is 19.9. The van der Waals surface area contributed by atoms with Crippen molar-refractivity contribution in [3.05, 3.63) is 0 Å². The molecule has 0 amide bonds. The van der Waals surface area contributed by atoms with Crippen LogP contribution in [0.25, 0.3) is 0 Å². The lowest BCUT2D eigenvalue weighted by molar-refractivity contribution is -0.176. The minimum atomic E-state index is -4.05. The van der Waals surface area contributed by atoms with Crippen LogP contribution in [0.5, 0.6) is 0 Å². The largest absolute Gasteiger partial charge is 0.393 e. The van der Waals surface area contributed by atoms with Gasteiger partial charge in [-0.3, -0.25) is 0 Å². The molecule has 0 bridgehead atoms. The Balaban J connectivity index is 2.30. The van der Waals surface area contributed by atoms with Crippen LogP contribution in [-0.4, -0.2) is 18.8 Å². The van der Waals surface area contributed by atoms with Gasteiger partial charge in [-0.25, -0.2) is 0 Å². The molecule has 1 saturated carbocycles. The first kappa shape index (κ1) is 13.8. The quantitative estimate of drug-likeness (QED) is 0.742. The van der Waals surface area contributed by atoms with E-state index in [2.05, 4.69) is 5.32 Å². The second-order valence-corrected chi connectivity index (χ2v) is 5.25. The van der Waals surface area contributed by atoms with E-state index in [0.717, 1.165) is 19.3 Å². The molecule has 0 aromatic heterocycles. The number of rotatable bonds is 6. The summed E-state index contributed by atoms with van der Waals surface area (Å²) in [5, 5.41) is 3.03. The van der Waals surface area contributed by atoms with Gasteiger partial charge in [0.25, 0.3) is 0 Å². The molecule has 1 rings (SSSR count). The van der Waals surface area contributed by atoms with Crippen molar-refractivity contribution in [1.29, 1.82) is 0 Å². The lowest BCUT2D eigenvalue weighted by Crippen LogP contribution is -2.42. The summed E-state index contributed by atoms with van der Waals surface area (Å²) in [5.74, 6) is -0.830. The number of nitrogens with one attached hydrogen (secondary N) is 1. The van der Waals surface area contributed by atoms with Gasteiger partial charge in [0.1, 0.15) is 0 Å². The molecular formula is C12H22F3N. The summed E-state index contributed by atoms with van der Waals surface area (Å²) >= 11 is 0. The third kappa shape index (κ3) is 4.73. The van der Waals surface area contributed by atoms with Gasteiger partial charge in [-0.15, -0.1) is 0 Å². The second kappa shape index (κ2) is 5.89. The summed E-state index contributed by atoms with van der Waals surface area (Å²) in [5.41, 5.74) is 0. The molecule has 0 aromatic carbocycles. The molecular weight excluding hydrogens is 215 g/mol. The van der Waals surface area contributed by atoms with Crippen molar-refractivity contribution in [1.82, 2.24) is 5.32 Å². The van der Waals surface area contributed by atoms with Gasteiger partial charge in [0.2, 0.25) is 0 Å². The molecule has 1 nitrogen and oxygen atoms in total. The average molecular weight is 237 g/mol. The van der Waals surface area contributed by atoms with E-state index in [4.69, 9.17) is 0 Å². The van der Waals surface area contributed by atoms with E-state index in [-0.39, 0.29) is 13.0 Å². The molecule has 1 fully saturated rings. The Kier molecular flexibility index (Phi) is 5.09. The highest BCUT2D eigenvalue weighted by atomic mass is 19.4. The first-order chi connectivity index (χ1) is 7.39. The molecule has 4 heteroatoms. The maximum absolute atomic E-state index is 12.7. The summed E-state index contributed by atoms with van der Waals surface area (Å²) in [4.78, 5) is 0. The van der Waals surface area contributed by atoms with Gasteiger partial charge in [0.15, 0.2) is 0 Å². The topological polar surface area (TPSA) is 12.0 Å². The van der Waals surface area contributed by atoms with Crippen LogP contribution in [0, 0.1) is 11.8 Å². The van der Waals surface area contributed by atoms with Crippen molar-refractivity contribution in [3.8, 4) is 0 Å². The third-order valence-electron chi connectivity index (χ3n) is 3.31. The van der Waals surface area contributed by atoms with Crippen LogP contribution in [0.3, 0.4) is 0 Å². The zero-order chi connectivity index (χ0) is 12.2. The lowest BCUT2D eigenvalue weighted by atomic mass is 9.91. The van der Waals surface area contributed by atoms with Crippen molar-refractivity contribution in [2.24, 2.45) is 11.8 Å². The SMILES string of the molecule is CC(C)CCC(CNC1CCC1)C(F)(F)F. The fourth-order valence-electron chi connectivity index (χ4n) is 1.84. The van der Waals surface area contributed by atoms with Crippen molar-refractivity contribution in [3.63, 3.8) is 0 Å². The van der Waals surface area contributed by atoms with Gasteiger partial charge in [0.05, 0.1) is 5.92 Å². The Morgan fingerprint density at radius 3 is 2.19 bits per heavy atom. The summed E-state index contributed by atoms with van der Waals surface area (Å²) in [7, 11) is 0. The molecule has 96 valence electrons. The Hall–Kier alpha value is -0.250. The minimum Gasteiger partial charge on any atom is -0.313 e. The van der Waals surface area contributed by atoms with Crippen LogP contribution in [0.4, 0.5) is 13.2 Å². The highest BCUT2D eigenvalue weighted by molar-refractivity contribution is 4.79. The van der Waals surface area contributed by atoms with Crippen molar-refractivity contribution >= 4 is 0 Å². The van der Waals surface area contributed by atoms with E-state index in [9.17, 15) is 13.2 Å². The number of hydrogen-bond acceptors (Lipinski definition) is 1. The molecule has 1 aliphatic carbocycles. The summed E-state index contributed by atoms with van der Waals surface area (Å²) < 4.78 is 38.1. The van der Waals surface area contributed by atoms with Crippen molar-refractivity contribution in [2.75, 3.05) is 6.54 Å². The van der Waals surface area contributed by atoms with Gasteiger partial charge in [0, 0.05) is 12.6 Å². The highest BCUT2D eigenvalue weighted by Crippen LogP contribution is 2.31. The predicted octanol–water partition coefficient (Wildman–Crippen LogP) is 3.74. The molecule has 0 spiro atoms. The van der Waals surface area contributed by atoms with Gasteiger partial charge in [-0.2, -0.15) is 13.2 Å². The maximum atomic E-state index is 12.7. The van der Waals surface area contributed by atoms with E-state index in [1.807, 2.05) is 13.8 Å². The molecule has 1 N–H and O–H groups in total. The fraction of sp³-hybridized carbons (Fsp3) is 1.00. The van der Waals surface area contributed by atoms with Crippen molar-refractivity contribution < 1.29 is 13.2 Å². The Bertz CT molecular complexity index is 197. The molecule has 0 heterocycles. The zero-order valence-electron chi connectivity index (χ0n) is 10.1. The molecule has 0 saturated heterocycles. The van der Waals surface area contributed by atoms with Crippen LogP contribution >= 0.6 is 0 Å². The van der Waals surface area contributed by atoms with E-state index >= 15 is 0 Å². The van der Waals surface area contributed by atoms with Gasteiger partial charge < -0.3 is 5.32 Å². The minimum absolute atomic E-state index is 0.0981. The van der Waals surface area contributed by atoms with E-state index in [1.165, 1.54) is 0 Å². The van der Waals surface area contributed by atoms with E-state index in [1.54, 1.807) is 0 Å². The third-order valence-corrected chi connectivity index (χ3v) is 3.31. The van der Waals surface area contributed by atoms with Crippen LogP contribution in [0.2, 0.25) is 0 Å². The molecule has 0 aliphatic heterocycles. The summed E-state index contributed by atoms with van der Waals surface area (Å²) in [6.45, 7) is 4.03. The lowest BCUT2D eigenvalue weighted by Gasteiger charge is -2.30. The molecule has 0 radical (unpaired) electrons. The van der Waals surface area contributed by atoms with E-state index < -0.39 is 12.1 Å². The van der Waals surface area contributed by atoms with Gasteiger partial charge in [-0.05, 0) is 25.2 Å². The Labute approximate surface area is 95.8 Å². The predicted molar refractivity (Wildman–Crippen MR) is 59.3 cm³/mol. The van der Waals surface area contributed by atoms with Crippen LogP contribution in [0.15, 0.2) is 0 Å². The molecule has 1 unspecified atom stereocenters. The molecule has 16 heavy (non-hydrogen) atoms. The standard InChI is InChI=1S/C12H22F3N/c1-9(2)6-7-10(12(13,14)15)8-16-11-4-3-5-11/h9-11,16H,3-8H2,1-2H3. The molecule has 0 aromatic rings. The molecule has 1 aliphatic rings. The second-order valence-electron chi connectivity index (χ2n) is 5.25. The van der Waals surface area contributed by atoms with Crippen LogP contribution < -0.4 is 5.32 Å². The highest BCUT2D eigenvalue weighted by Gasteiger charge is 2.39. The monoisotopic (exact) mass is 237 g/mol.